The van der Waals surface area contributed by atoms with Crippen molar-refractivity contribution in [3.63, 3.8) is 0 Å². The predicted octanol–water partition coefficient (Wildman–Crippen LogP) is 1.08. The van der Waals surface area contributed by atoms with Crippen LogP contribution in [0, 0.1) is 5.92 Å². The highest BCUT2D eigenvalue weighted by molar-refractivity contribution is 7.91. The zero-order valence-corrected chi connectivity index (χ0v) is 17.9. The maximum absolute atomic E-state index is 12.1. The smallest absolute Gasteiger partial charge is 0.251 e. The van der Waals surface area contributed by atoms with Crippen molar-refractivity contribution in [2.45, 2.75) is 45.4 Å². The van der Waals surface area contributed by atoms with E-state index >= 15 is 0 Å². The fraction of sp³-hybridized carbons (Fsp3) is 0.550. The van der Waals surface area contributed by atoms with Crippen molar-refractivity contribution in [1.82, 2.24) is 16.2 Å². The van der Waals surface area contributed by atoms with Gasteiger partial charge in [-0.25, -0.2) is 8.42 Å². The van der Waals surface area contributed by atoms with Crippen LogP contribution in [0.25, 0.3) is 0 Å². The molecule has 160 valence electrons. The number of sulfone groups is 1. The third kappa shape index (κ3) is 7.49. The summed E-state index contributed by atoms with van der Waals surface area (Å²) in [4.78, 5) is 35.7. The van der Waals surface area contributed by atoms with Gasteiger partial charge >= 0.3 is 0 Å². The van der Waals surface area contributed by atoms with Gasteiger partial charge < -0.3 is 5.32 Å². The third-order valence-electron chi connectivity index (χ3n) is 4.79. The maximum atomic E-state index is 12.1. The Bertz CT molecular complexity index is 857. The molecule has 3 amide bonds. The summed E-state index contributed by atoms with van der Waals surface area (Å²) in [5.41, 5.74) is 6.20. The van der Waals surface area contributed by atoms with Crippen molar-refractivity contribution < 1.29 is 22.8 Å². The molecule has 0 aliphatic carbocycles. The van der Waals surface area contributed by atoms with E-state index in [1.165, 1.54) is 0 Å². The lowest BCUT2D eigenvalue weighted by molar-refractivity contribution is -0.129. The summed E-state index contributed by atoms with van der Waals surface area (Å²) < 4.78 is 22.8. The van der Waals surface area contributed by atoms with Crippen LogP contribution >= 0.6 is 0 Å². The maximum Gasteiger partial charge on any atom is 0.251 e. The van der Waals surface area contributed by atoms with Crippen LogP contribution < -0.4 is 16.2 Å². The lowest BCUT2D eigenvalue weighted by Crippen LogP contribution is -2.43. The van der Waals surface area contributed by atoms with Crippen molar-refractivity contribution >= 4 is 27.6 Å². The molecule has 0 unspecified atom stereocenters. The second-order valence-electron chi connectivity index (χ2n) is 8.40. The van der Waals surface area contributed by atoms with Gasteiger partial charge in [-0.1, -0.05) is 32.9 Å². The van der Waals surface area contributed by atoms with E-state index in [9.17, 15) is 22.8 Å². The lowest BCUT2D eigenvalue weighted by Gasteiger charge is -2.19. The van der Waals surface area contributed by atoms with E-state index in [4.69, 9.17) is 0 Å². The molecular weight excluding hydrogens is 394 g/mol. The molecule has 1 aliphatic rings. The van der Waals surface area contributed by atoms with Crippen molar-refractivity contribution in [2.24, 2.45) is 5.92 Å². The summed E-state index contributed by atoms with van der Waals surface area (Å²) in [6.07, 6.45) is 0.525. The Kier molecular flexibility index (Phi) is 7.40. The highest BCUT2D eigenvalue weighted by Gasteiger charge is 2.29. The zero-order chi connectivity index (χ0) is 21.7. The van der Waals surface area contributed by atoms with Gasteiger partial charge in [0.2, 0.25) is 11.8 Å². The van der Waals surface area contributed by atoms with Crippen molar-refractivity contribution in [3.05, 3.63) is 35.4 Å². The molecule has 0 spiro atoms. The average molecular weight is 424 g/mol. The van der Waals surface area contributed by atoms with E-state index in [2.05, 4.69) is 36.9 Å². The molecule has 1 aromatic carbocycles. The molecule has 0 bridgehead atoms. The molecule has 29 heavy (non-hydrogen) atoms. The van der Waals surface area contributed by atoms with Crippen LogP contribution in [0.1, 0.15) is 56.0 Å². The first-order chi connectivity index (χ1) is 13.5. The molecule has 0 radical (unpaired) electrons. The van der Waals surface area contributed by atoms with E-state index in [1.807, 2.05) is 12.1 Å². The normalized spacial score (nSPS) is 18.1. The van der Waals surface area contributed by atoms with Crippen molar-refractivity contribution in [3.8, 4) is 0 Å². The number of carbonyl (C=O) groups excluding carboxylic acids is 3. The van der Waals surface area contributed by atoms with Gasteiger partial charge in [-0.3, -0.25) is 25.2 Å². The Morgan fingerprint density at radius 3 is 2.21 bits per heavy atom. The fourth-order valence-corrected chi connectivity index (χ4v) is 4.92. The molecule has 8 nitrogen and oxygen atoms in total. The first kappa shape index (κ1) is 22.9. The fourth-order valence-electron chi connectivity index (χ4n) is 3.06. The number of hydrogen-bond acceptors (Lipinski definition) is 5. The highest BCUT2D eigenvalue weighted by Crippen LogP contribution is 2.22. The van der Waals surface area contributed by atoms with Crippen LogP contribution in [0.15, 0.2) is 24.3 Å². The molecule has 1 aromatic rings. The van der Waals surface area contributed by atoms with Crippen LogP contribution in [-0.4, -0.2) is 44.2 Å². The highest BCUT2D eigenvalue weighted by atomic mass is 32.2. The average Bonchev–Trinajstić information content (AvgIpc) is 2.97. The zero-order valence-electron chi connectivity index (χ0n) is 17.1. The predicted molar refractivity (Wildman–Crippen MR) is 110 cm³/mol. The molecule has 9 heteroatoms. The van der Waals surface area contributed by atoms with E-state index in [-0.39, 0.29) is 48.1 Å². The number of hydrazine groups is 1. The van der Waals surface area contributed by atoms with Gasteiger partial charge in [-0.15, -0.1) is 0 Å². The first-order valence-corrected chi connectivity index (χ1v) is 11.5. The van der Waals surface area contributed by atoms with Crippen LogP contribution in [0.3, 0.4) is 0 Å². The largest absolute Gasteiger partial charge is 0.352 e. The van der Waals surface area contributed by atoms with E-state index in [0.717, 1.165) is 5.56 Å². The summed E-state index contributed by atoms with van der Waals surface area (Å²) in [5.74, 6) is -1.23. The minimum absolute atomic E-state index is 0.00352. The minimum atomic E-state index is -3.03. The van der Waals surface area contributed by atoms with Gasteiger partial charge in [0, 0.05) is 24.9 Å². The number of rotatable bonds is 6. The summed E-state index contributed by atoms with van der Waals surface area (Å²) in [6.45, 7) is 6.40. The Hall–Kier alpha value is -2.42. The Balaban J connectivity index is 1.66. The number of benzene rings is 1. The molecule has 1 aliphatic heterocycles. The lowest BCUT2D eigenvalue weighted by atomic mass is 9.87. The van der Waals surface area contributed by atoms with E-state index in [1.54, 1.807) is 12.1 Å². The molecule has 1 fully saturated rings. The quantitative estimate of drug-likeness (QED) is 0.591. The first-order valence-electron chi connectivity index (χ1n) is 9.63. The Morgan fingerprint density at radius 1 is 1.03 bits per heavy atom. The molecule has 0 saturated carbocycles. The minimum Gasteiger partial charge on any atom is -0.352 e. The van der Waals surface area contributed by atoms with Crippen LogP contribution in [0.2, 0.25) is 0 Å². The number of amides is 3. The van der Waals surface area contributed by atoms with Gasteiger partial charge in [0.05, 0.1) is 11.5 Å². The third-order valence-corrected chi connectivity index (χ3v) is 6.63. The van der Waals surface area contributed by atoms with Crippen molar-refractivity contribution in [1.29, 1.82) is 0 Å². The molecule has 3 N–H and O–H groups in total. The molecule has 0 aromatic heterocycles. The molecule has 1 atom stereocenters. The second-order valence-corrected chi connectivity index (χ2v) is 10.6. The van der Waals surface area contributed by atoms with E-state index < -0.39 is 21.7 Å². The number of nitrogens with one attached hydrogen (secondary N) is 3. The topological polar surface area (TPSA) is 121 Å². The molecule has 1 saturated heterocycles. The van der Waals surface area contributed by atoms with Crippen LogP contribution in [0.5, 0.6) is 0 Å². The van der Waals surface area contributed by atoms with Crippen LogP contribution in [-0.2, 0) is 24.8 Å². The van der Waals surface area contributed by atoms with E-state index in [0.29, 0.717) is 12.0 Å². The monoisotopic (exact) mass is 423 g/mol. The van der Waals surface area contributed by atoms with Gasteiger partial charge in [0.25, 0.3) is 5.91 Å². The summed E-state index contributed by atoms with van der Waals surface area (Å²) in [6, 6.07) is 7.32. The van der Waals surface area contributed by atoms with Gasteiger partial charge in [0.1, 0.15) is 0 Å². The Labute approximate surface area is 171 Å². The van der Waals surface area contributed by atoms with Gasteiger partial charge in [-0.2, -0.15) is 0 Å². The summed E-state index contributed by atoms with van der Waals surface area (Å²) in [5, 5.41) is 2.66. The van der Waals surface area contributed by atoms with Crippen molar-refractivity contribution in [2.75, 3.05) is 18.1 Å². The number of carbonyl (C=O) groups is 3. The SMILES string of the molecule is CC(C)(C)c1ccc(C(=O)NCCC(=O)NNC(=O)C[C@H]2CCS(=O)(=O)C2)cc1. The standard InChI is InChI=1S/C20H29N3O5S/c1-20(2,3)16-6-4-15(5-7-16)19(26)21-10-8-17(24)22-23-18(25)12-14-9-11-29(27,28)13-14/h4-7,14H,8-13H2,1-3H3,(H,21,26)(H,22,24)(H,23,25)/t14-/m1/s1. The van der Waals surface area contributed by atoms with Crippen LogP contribution in [0.4, 0.5) is 0 Å². The molecular formula is C20H29N3O5S. The summed E-state index contributed by atoms with van der Waals surface area (Å²) in [7, 11) is -3.03. The van der Waals surface area contributed by atoms with Gasteiger partial charge in [0.15, 0.2) is 9.84 Å². The summed E-state index contributed by atoms with van der Waals surface area (Å²) >= 11 is 0. The number of hydrogen-bond donors (Lipinski definition) is 3. The second kappa shape index (κ2) is 9.39. The molecule has 2 rings (SSSR count). The van der Waals surface area contributed by atoms with Gasteiger partial charge in [-0.05, 0) is 35.4 Å². The molecule has 1 heterocycles. The Morgan fingerprint density at radius 2 is 1.66 bits per heavy atom.